The Balaban J connectivity index is 1.79. The van der Waals surface area contributed by atoms with Crippen molar-refractivity contribution in [3.05, 3.63) is 59.2 Å². The van der Waals surface area contributed by atoms with Gasteiger partial charge in [0.2, 0.25) is 0 Å². The molecule has 0 heterocycles. The molecule has 0 aliphatic heterocycles. The van der Waals surface area contributed by atoms with Gasteiger partial charge in [0.05, 0.1) is 12.8 Å². The molecule has 0 saturated carbocycles. The van der Waals surface area contributed by atoms with Crippen molar-refractivity contribution < 1.29 is 14.6 Å². The molecule has 1 amide bonds. The van der Waals surface area contributed by atoms with Crippen molar-refractivity contribution >= 4 is 11.6 Å². The fourth-order valence-corrected chi connectivity index (χ4v) is 2.68. The van der Waals surface area contributed by atoms with Crippen LogP contribution in [0.4, 0.5) is 0 Å². The molecule has 0 radical (unpaired) electrons. The van der Waals surface area contributed by atoms with Gasteiger partial charge in [0.15, 0.2) is 0 Å². The third-order valence-corrected chi connectivity index (χ3v) is 3.90. The molecule has 5 heteroatoms. The Kier molecular flexibility index (Phi) is 4.28. The third-order valence-electron chi connectivity index (χ3n) is 3.90. The number of phenols is 1. The minimum absolute atomic E-state index is 0.128. The molecular weight excluding hydrogens is 292 g/mol. The molecular formula is C18H18N2O3. The Morgan fingerprint density at radius 2 is 1.96 bits per heavy atom. The smallest absolute Gasteiger partial charge is 0.271 e. The number of ether oxygens (including phenoxy) is 1. The number of aromatic hydroxyl groups is 1. The van der Waals surface area contributed by atoms with Gasteiger partial charge in [-0.1, -0.05) is 0 Å². The van der Waals surface area contributed by atoms with Crippen LogP contribution in [-0.4, -0.2) is 23.8 Å². The van der Waals surface area contributed by atoms with Gasteiger partial charge in [-0.2, -0.15) is 5.10 Å². The highest BCUT2D eigenvalue weighted by atomic mass is 16.5. The molecule has 0 bridgehead atoms. The maximum Gasteiger partial charge on any atom is 0.271 e. The van der Waals surface area contributed by atoms with E-state index in [1.807, 2.05) is 18.2 Å². The average molecular weight is 310 g/mol. The lowest BCUT2D eigenvalue weighted by molar-refractivity contribution is 0.0954. The van der Waals surface area contributed by atoms with Crippen LogP contribution in [0, 0.1) is 0 Å². The van der Waals surface area contributed by atoms with Crippen LogP contribution in [0.5, 0.6) is 11.5 Å². The number of carbonyl (C=O) groups excluding carboxylic acids is 1. The molecule has 0 unspecified atom stereocenters. The van der Waals surface area contributed by atoms with Crippen LogP contribution in [-0.2, 0) is 6.42 Å². The first-order valence-electron chi connectivity index (χ1n) is 7.50. The molecule has 0 saturated heterocycles. The number of aryl methyl sites for hydroxylation is 1. The summed E-state index contributed by atoms with van der Waals surface area (Å²) in [5, 5.41) is 13.5. The highest BCUT2D eigenvalue weighted by molar-refractivity contribution is 6.04. The van der Waals surface area contributed by atoms with E-state index in [2.05, 4.69) is 10.5 Å². The van der Waals surface area contributed by atoms with Crippen molar-refractivity contribution in [2.24, 2.45) is 5.10 Å². The molecule has 2 N–H and O–H groups in total. The van der Waals surface area contributed by atoms with Crippen LogP contribution in [0.2, 0.25) is 0 Å². The Morgan fingerprint density at radius 1 is 1.17 bits per heavy atom. The number of nitrogens with zero attached hydrogens (tertiary/aromatic N) is 1. The molecule has 2 aromatic rings. The number of hydrogen-bond acceptors (Lipinski definition) is 4. The molecule has 5 nitrogen and oxygen atoms in total. The molecule has 118 valence electrons. The second kappa shape index (κ2) is 6.52. The number of methoxy groups -OCH3 is 1. The number of nitrogens with one attached hydrogen (secondary N) is 1. The Hall–Kier alpha value is -2.82. The van der Waals surface area contributed by atoms with E-state index in [9.17, 15) is 9.90 Å². The number of hydrazone groups is 1. The summed E-state index contributed by atoms with van der Waals surface area (Å²) in [4.78, 5) is 12.1. The van der Waals surface area contributed by atoms with E-state index < -0.39 is 0 Å². The summed E-state index contributed by atoms with van der Waals surface area (Å²) in [6, 6.07) is 12.0. The van der Waals surface area contributed by atoms with Crippen LogP contribution in [0.15, 0.2) is 47.6 Å². The number of carbonyl (C=O) groups is 1. The fraction of sp³-hybridized carbons (Fsp3) is 0.222. The Morgan fingerprint density at radius 3 is 2.70 bits per heavy atom. The normalized spacial score (nSPS) is 15.1. The van der Waals surface area contributed by atoms with Crippen LogP contribution in [0.1, 0.15) is 34.3 Å². The van der Waals surface area contributed by atoms with Crippen molar-refractivity contribution in [1.29, 1.82) is 0 Å². The number of rotatable bonds is 3. The average Bonchev–Trinajstić information content (AvgIpc) is 2.59. The van der Waals surface area contributed by atoms with Crippen molar-refractivity contribution in [1.82, 2.24) is 5.43 Å². The number of hydrogen-bond donors (Lipinski definition) is 2. The number of benzene rings is 2. The van der Waals surface area contributed by atoms with E-state index in [0.717, 1.165) is 36.3 Å². The molecule has 0 atom stereocenters. The summed E-state index contributed by atoms with van der Waals surface area (Å²) in [5.74, 6) is 0.666. The standard InChI is InChI=1S/C18H18N2O3/c1-23-15-9-10-16-13(11-15)3-2-4-17(16)19-20-18(22)12-5-7-14(21)8-6-12/h5-11,21H,2-4H2,1H3,(H,20,22). The van der Waals surface area contributed by atoms with Crippen molar-refractivity contribution in [2.45, 2.75) is 19.3 Å². The highest BCUT2D eigenvalue weighted by Gasteiger charge is 2.16. The van der Waals surface area contributed by atoms with Crippen molar-refractivity contribution in [2.75, 3.05) is 7.11 Å². The van der Waals surface area contributed by atoms with Crippen LogP contribution in [0.3, 0.4) is 0 Å². The van der Waals surface area contributed by atoms with Gasteiger partial charge in [0.1, 0.15) is 11.5 Å². The SMILES string of the molecule is COc1ccc2c(c1)CCCC2=NNC(=O)c1ccc(O)cc1. The molecule has 0 fully saturated rings. The second-order valence-corrected chi connectivity index (χ2v) is 5.42. The lowest BCUT2D eigenvalue weighted by Crippen LogP contribution is -2.22. The molecule has 1 aliphatic carbocycles. The first-order chi connectivity index (χ1) is 11.2. The second-order valence-electron chi connectivity index (χ2n) is 5.42. The fourth-order valence-electron chi connectivity index (χ4n) is 2.68. The van der Waals surface area contributed by atoms with E-state index in [1.165, 1.54) is 17.7 Å². The largest absolute Gasteiger partial charge is 0.508 e. The number of amides is 1. The minimum Gasteiger partial charge on any atom is -0.508 e. The monoisotopic (exact) mass is 310 g/mol. The molecule has 23 heavy (non-hydrogen) atoms. The van der Waals surface area contributed by atoms with Gasteiger partial charge < -0.3 is 9.84 Å². The van der Waals surface area contributed by atoms with E-state index in [0.29, 0.717) is 5.56 Å². The van der Waals surface area contributed by atoms with Crippen LogP contribution >= 0.6 is 0 Å². The third kappa shape index (κ3) is 3.34. The highest BCUT2D eigenvalue weighted by Crippen LogP contribution is 2.25. The van der Waals surface area contributed by atoms with Gasteiger partial charge in [0, 0.05) is 11.1 Å². The summed E-state index contributed by atoms with van der Waals surface area (Å²) in [6.07, 6.45) is 2.81. The lowest BCUT2D eigenvalue weighted by Gasteiger charge is -2.18. The minimum atomic E-state index is -0.293. The zero-order chi connectivity index (χ0) is 16.2. The number of fused-ring (bicyclic) bond motifs is 1. The van der Waals surface area contributed by atoms with Crippen LogP contribution < -0.4 is 10.2 Å². The van der Waals surface area contributed by atoms with Gasteiger partial charge >= 0.3 is 0 Å². The zero-order valence-electron chi connectivity index (χ0n) is 12.9. The van der Waals surface area contributed by atoms with E-state index in [1.54, 1.807) is 19.2 Å². The molecule has 2 aromatic carbocycles. The lowest BCUT2D eigenvalue weighted by atomic mass is 9.90. The van der Waals surface area contributed by atoms with Crippen molar-refractivity contribution in [3.63, 3.8) is 0 Å². The maximum absolute atomic E-state index is 12.1. The molecule has 0 spiro atoms. The first kappa shape index (κ1) is 15.1. The number of phenolic OH excluding ortho intramolecular Hbond substituents is 1. The Bertz CT molecular complexity index is 751. The summed E-state index contributed by atoms with van der Waals surface area (Å²) >= 11 is 0. The van der Waals surface area contributed by atoms with Gasteiger partial charge in [-0.05, 0) is 67.3 Å². The summed E-state index contributed by atoms with van der Waals surface area (Å²) < 4.78 is 5.25. The van der Waals surface area contributed by atoms with Gasteiger partial charge in [0.25, 0.3) is 5.91 Å². The van der Waals surface area contributed by atoms with Gasteiger partial charge in [-0.25, -0.2) is 5.43 Å². The first-order valence-corrected chi connectivity index (χ1v) is 7.50. The molecule has 0 aromatic heterocycles. The zero-order valence-corrected chi connectivity index (χ0v) is 12.9. The molecule has 1 aliphatic rings. The maximum atomic E-state index is 12.1. The van der Waals surface area contributed by atoms with Crippen molar-refractivity contribution in [3.8, 4) is 11.5 Å². The van der Waals surface area contributed by atoms with E-state index in [4.69, 9.17) is 4.74 Å². The quantitative estimate of drug-likeness (QED) is 0.856. The van der Waals surface area contributed by atoms with Gasteiger partial charge in [-0.3, -0.25) is 4.79 Å². The predicted molar refractivity (Wildman–Crippen MR) is 88.0 cm³/mol. The van der Waals surface area contributed by atoms with Crippen LogP contribution in [0.25, 0.3) is 0 Å². The van der Waals surface area contributed by atoms with Gasteiger partial charge in [-0.15, -0.1) is 0 Å². The summed E-state index contributed by atoms with van der Waals surface area (Å²) in [5.41, 5.74) is 6.17. The molecule has 3 rings (SSSR count). The Labute approximate surface area is 134 Å². The summed E-state index contributed by atoms with van der Waals surface area (Å²) in [7, 11) is 1.65. The predicted octanol–water partition coefficient (Wildman–Crippen LogP) is 2.87. The van der Waals surface area contributed by atoms with E-state index >= 15 is 0 Å². The topological polar surface area (TPSA) is 70.9 Å². The summed E-state index contributed by atoms with van der Waals surface area (Å²) in [6.45, 7) is 0. The van der Waals surface area contributed by atoms with E-state index in [-0.39, 0.29) is 11.7 Å².